The van der Waals surface area contributed by atoms with Crippen LogP contribution in [-0.4, -0.2) is 12.6 Å². The van der Waals surface area contributed by atoms with E-state index in [1.54, 1.807) is 0 Å². The van der Waals surface area contributed by atoms with Crippen LogP contribution >= 0.6 is 0 Å². The maximum atomic E-state index is 5.90. The molecule has 0 aliphatic heterocycles. The SMILES string of the molecule is Cc1cccc(NCC2CCC(N)CC2)c1. The van der Waals surface area contributed by atoms with E-state index in [1.165, 1.54) is 36.9 Å². The molecule has 1 saturated carbocycles. The molecular formula is C14H22N2. The summed E-state index contributed by atoms with van der Waals surface area (Å²) in [5.74, 6) is 0.806. The molecule has 1 aromatic rings. The van der Waals surface area contributed by atoms with E-state index in [9.17, 15) is 0 Å². The summed E-state index contributed by atoms with van der Waals surface area (Å²) in [6.07, 6.45) is 4.94. The highest BCUT2D eigenvalue weighted by atomic mass is 14.9. The van der Waals surface area contributed by atoms with Gasteiger partial charge in [0, 0.05) is 18.3 Å². The average Bonchev–Trinajstić information content (AvgIpc) is 2.28. The van der Waals surface area contributed by atoms with Gasteiger partial charge in [-0.1, -0.05) is 12.1 Å². The first-order valence-corrected chi connectivity index (χ1v) is 6.30. The van der Waals surface area contributed by atoms with E-state index in [2.05, 4.69) is 36.5 Å². The van der Waals surface area contributed by atoms with Gasteiger partial charge in [-0.25, -0.2) is 0 Å². The van der Waals surface area contributed by atoms with Crippen molar-refractivity contribution in [1.29, 1.82) is 0 Å². The van der Waals surface area contributed by atoms with Crippen molar-refractivity contribution in [3.63, 3.8) is 0 Å². The second-order valence-electron chi connectivity index (χ2n) is 5.03. The molecule has 0 unspecified atom stereocenters. The van der Waals surface area contributed by atoms with Crippen molar-refractivity contribution in [2.75, 3.05) is 11.9 Å². The molecule has 0 spiro atoms. The number of nitrogens with one attached hydrogen (secondary N) is 1. The van der Waals surface area contributed by atoms with Gasteiger partial charge in [0.25, 0.3) is 0 Å². The summed E-state index contributed by atoms with van der Waals surface area (Å²) < 4.78 is 0. The minimum absolute atomic E-state index is 0.454. The highest BCUT2D eigenvalue weighted by Gasteiger charge is 2.17. The number of rotatable bonds is 3. The molecule has 16 heavy (non-hydrogen) atoms. The summed E-state index contributed by atoms with van der Waals surface area (Å²) in [5.41, 5.74) is 8.46. The molecule has 0 amide bonds. The lowest BCUT2D eigenvalue weighted by Gasteiger charge is -2.26. The molecule has 1 aromatic carbocycles. The van der Waals surface area contributed by atoms with Gasteiger partial charge in [-0.15, -0.1) is 0 Å². The Hall–Kier alpha value is -1.02. The van der Waals surface area contributed by atoms with Gasteiger partial charge in [-0.2, -0.15) is 0 Å². The van der Waals surface area contributed by atoms with E-state index in [0.29, 0.717) is 6.04 Å². The van der Waals surface area contributed by atoms with Crippen LogP contribution in [0.3, 0.4) is 0 Å². The number of anilines is 1. The first kappa shape index (κ1) is 11.5. The Labute approximate surface area is 98.2 Å². The average molecular weight is 218 g/mol. The number of benzene rings is 1. The summed E-state index contributed by atoms with van der Waals surface area (Å²) in [7, 11) is 0. The lowest BCUT2D eigenvalue weighted by atomic mass is 9.86. The first-order valence-electron chi connectivity index (χ1n) is 6.30. The predicted molar refractivity (Wildman–Crippen MR) is 69.6 cm³/mol. The molecule has 2 rings (SSSR count). The number of aryl methyl sites for hydroxylation is 1. The van der Waals surface area contributed by atoms with Gasteiger partial charge in [-0.3, -0.25) is 0 Å². The molecular weight excluding hydrogens is 196 g/mol. The quantitative estimate of drug-likeness (QED) is 0.818. The summed E-state index contributed by atoms with van der Waals surface area (Å²) in [5, 5.41) is 3.53. The van der Waals surface area contributed by atoms with Crippen molar-refractivity contribution in [2.24, 2.45) is 11.7 Å². The maximum absolute atomic E-state index is 5.90. The zero-order valence-corrected chi connectivity index (χ0v) is 10.1. The van der Waals surface area contributed by atoms with Gasteiger partial charge in [-0.05, 0) is 56.2 Å². The van der Waals surface area contributed by atoms with Gasteiger partial charge >= 0.3 is 0 Å². The van der Waals surface area contributed by atoms with Crippen molar-refractivity contribution < 1.29 is 0 Å². The van der Waals surface area contributed by atoms with Crippen molar-refractivity contribution >= 4 is 5.69 Å². The highest BCUT2D eigenvalue weighted by molar-refractivity contribution is 5.45. The number of hydrogen-bond acceptors (Lipinski definition) is 2. The summed E-state index contributed by atoms with van der Waals surface area (Å²) in [4.78, 5) is 0. The fourth-order valence-corrected chi connectivity index (χ4v) is 2.41. The molecule has 1 aliphatic rings. The Bertz CT molecular complexity index is 327. The predicted octanol–water partition coefficient (Wildman–Crippen LogP) is 2.92. The zero-order valence-electron chi connectivity index (χ0n) is 10.1. The van der Waals surface area contributed by atoms with E-state index < -0.39 is 0 Å². The minimum atomic E-state index is 0.454. The van der Waals surface area contributed by atoms with Gasteiger partial charge in [0.05, 0.1) is 0 Å². The fourth-order valence-electron chi connectivity index (χ4n) is 2.41. The summed E-state index contributed by atoms with van der Waals surface area (Å²) >= 11 is 0. The van der Waals surface area contributed by atoms with E-state index in [4.69, 9.17) is 5.73 Å². The molecule has 0 heterocycles. The molecule has 88 valence electrons. The molecule has 0 bridgehead atoms. The third kappa shape index (κ3) is 3.24. The Kier molecular flexibility index (Phi) is 3.83. The summed E-state index contributed by atoms with van der Waals surface area (Å²) in [6, 6.07) is 9.03. The lowest BCUT2D eigenvalue weighted by molar-refractivity contribution is 0.339. The van der Waals surface area contributed by atoms with E-state index >= 15 is 0 Å². The largest absolute Gasteiger partial charge is 0.385 e. The molecule has 1 aliphatic carbocycles. The van der Waals surface area contributed by atoms with Gasteiger partial charge in [0.15, 0.2) is 0 Å². The second kappa shape index (κ2) is 5.35. The number of nitrogens with two attached hydrogens (primary N) is 1. The van der Waals surface area contributed by atoms with Crippen LogP contribution in [0, 0.1) is 12.8 Å². The smallest absolute Gasteiger partial charge is 0.0342 e. The van der Waals surface area contributed by atoms with Crippen LogP contribution in [0.4, 0.5) is 5.69 Å². The maximum Gasteiger partial charge on any atom is 0.0342 e. The molecule has 0 atom stereocenters. The second-order valence-corrected chi connectivity index (χ2v) is 5.03. The molecule has 0 aromatic heterocycles. The molecule has 2 heteroatoms. The fraction of sp³-hybridized carbons (Fsp3) is 0.571. The molecule has 1 fully saturated rings. The van der Waals surface area contributed by atoms with E-state index in [-0.39, 0.29) is 0 Å². The van der Waals surface area contributed by atoms with E-state index in [1.807, 2.05) is 0 Å². The van der Waals surface area contributed by atoms with Crippen molar-refractivity contribution in [3.05, 3.63) is 29.8 Å². The van der Waals surface area contributed by atoms with Crippen molar-refractivity contribution in [1.82, 2.24) is 0 Å². The molecule has 0 radical (unpaired) electrons. The monoisotopic (exact) mass is 218 g/mol. The Morgan fingerprint density at radius 3 is 2.69 bits per heavy atom. The normalized spacial score (nSPS) is 25.4. The molecule has 3 N–H and O–H groups in total. The molecule has 0 saturated heterocycles. The van der Waals surface area contributed by atoms with Crippen molar-refractivity contribution in [3.8, 4) is 0 Å². The Balaban J connectivity index is 1.79. The van der Waals surface area contributed by atoms with Crippen LogP contribution < -0.4 is 11.1 Å². The highest BCUT2D eigenvalue weighted by Crippen LogP contribution is 2.23. The third-order valence-corrected chi connectivity index (χ3v) is 3.50. The van der Waals surface area contributed by atoms with Crippen LogP contribution in [0.1, 0.15) is 31.2 Å². The standard InChI is InChI=1S/C14H22N2/c1-11-3-2-4-14(9-11)16-10-12-5-7-13(15)8-6-12/h2-4,9,12-13,16H,5-8,10,15H2,1H3. The van der Waals surface area contributed by atoms with Gasteiger partial charge < -0.3 is 11.1 Å². The van der Waals surface area contributed by atoms with Crippen LogP contribution in [0.15, 0.2) is 24.3 Å². The van der Waals surface area contributed by atoms with Crippen LogP contribution in [0.25, 0.3) is 0 Å². The van der Waals surface area contributed by atoms with Gasteiger partial charge in [0.1, 0.15) is 0 Å². The Morgan fingerprint density at radius 1 is 1.25 bits per heavy atom. The lowest BCUT2D eigenvalue weighted by Crippen LogP contribution is -2.29. The van der Waals surface area contributed by atoms with Crippen LogP contribution in [0.5, 0.6) is 0 Å². The van der Waals surface area contributed by atoms with Crippen molar-refractivity contribution in [2.45, 2.75) is 38.6 Å². The number of hydrogen-bond donors (Lipinski definition) is 2. The topological polar surface area (TPSA) is 38.0 Å². The van der Waals surface area contributed by atoms with E-state index in [0.717, 1.165) is 12.5 Å². The molecule has 2 nitrogen and oxygen atoms in total. The Morgan fingerprint density at radius 2 is 2.00 bits per heavy atom. The first-order chi connectivity index (χ1) is 7.74. The summed E-state index contributed by atoms with van der Waals surface area (Å²) in [6.45, 7) is 3.22. The van der Waals surface area contributed by atoms with Crippen LogP contribution in [-0.2, 0) is 0 Å². The van der Waals surface area contributed by atoms with Gasteiger partial charge in [0.2, 0.25) is 0 Å². The van der Waals surface area contributed by atoms with Crippen LogP contribution in [0.2, 0.25) is 0 Å². The minimum Gasteiger partial charge on any atom is -0.385 e. The third-order valence-electron chi connectivity index (χ3n) is 3.50. The zero-order chi connectivity index (χ0) is 11.4.